The summed E-state index contributed by atoms with van der Waals surface area (Å²) < 4.78 is 0. The Balaban J connectivity index is 1.60. The van der Waals surface area contributed by atoms with Crippen LogP contribution in [0.2, 0.25) is 0 Å². The Kier molecular flexibility index (Phi) is 4.43. The molecule has 0 saturated carbocycles. The van der Waals surface area contributed by atoms with E-state index < -0.39 is 0 Å². The average Bonchev–Trinajstić information content (AvgIpc) is 2.81. The van der Waals surface area contributed by atoms with Crippen LogP contribution in [0.3, 0.4) is 0 Å². The highest BCUT2D eigenvalue weighted by molar-refractivity contribution is 5.90. The highest BCUT2D eigenvalue weighted by atomic mass is 16.2. The summed E-state index contributed by atoms with van der Waals surface area (Å²) in [5.41, 5.74) is 2.27. The van der Waals surface area contributed by atoms with Gasteiger partial charge in [0.1, 0.15) is 6.04 Å². The number of nitrogens with zero attached hydrogens (tertiary/aromatic N) is 1. The van der Waals surface area contributed by atoms with E-state index in [-0.39, 0.29) is 17.9 Å². The Morgan fingerprint density at radius 3 is 2.68 bits per heavy atom. The number of carbonyl (C=O) groups excluding carboxylic acids is 2. The van der Waals surface area contributed by atoms with E-state index >= 15 is 0 Å². The fourth-order valence-electron chi connectivity index (χ4n) is 2.95. The normalized spacial score (nSPS) is 21.8. The third-order valence-corrected chi connectivity index (χ3v) is 4.54. The molecule has 2 saturated heterocycles. The Morgan fingerprint density at radius 1 is 1.32 bits per heavy atom. The van der Waals surface area contributed by atoms with Gasteiger partial charge in [0, 0.05) is 38.5 Å². The molecular formula is C17H23N3O2. The predicted molar refractivity (Wildman–Crippen MR) is 84.1 cm³/mol. The first kappa shape index (κ1) is 15.0. The maximum absolute atomic E-state index is 12.4. The van der Waals surface area contributed by atoms with Crippen LogP contribution < -0.4 is 10.6 Å². The van der Waals surface area contributed by atoms with Crippen molar-refractivity contribution in [1.29, 1.82) is 0 Å². The summed E-state index contributed by atoms with van der Waals surface area (Å²) in [7, 11) is 0. The summed E-state index contributed by atoms with van der Waals surface area (Å²) >= 11 is 0. The molecule has 2 N–H and O–H groups in total. The number of likely N-dealkylation sites (tertiary alicyclic amines) is 1. The topological polar surface area (TPSA) is 61.4 Å². The van der Waals surface area contributed by atoms with Gasteiger partial charge in [-0.15, -0.1) is 0 Å². The Bertz CT molecular complexity index is 552. The summed E-state index contributed by atoms with van der Waals surface area (Å²) in [6.07, 6.45) is 1.09. The van der Waals surface area contributed by atoms with Gasteiger partial charge in [0.25, 0.3) is 0 Å². The molecule has 1 unspecified atom stereocenters. The van der Waals surface area contributed by atoms with Gasteiger partial charge in [0.15, 0.2) is 0 Å². The Morgan fingerprint density at radius 2 is 2.05 bits per heavy atom. The van der Waals surface area contributed by atoms with Gasteiger partial charge in [-0.25, -0.2) is 0 Å². The molecule has 118 valence electrons. The van der Waals surface area contributed by atoms with E-state index in [4.69, 9.17) is 0 Å². The van der Waals surface area contributed by atoms with Gasteiger partial charge in [-0.05, 0) is 18.9 Å². The molecule has 0 bridgehead atoms. The number of hydrogen-bond donors (Lipinski definition) is 2. The minimum atomic E-state index is -0.318. The summed E-state index contributed by atoms with van der Waals surface area (Å²) in [6, 6.07) is 7.80. The molecule has 0 radical (unpaired) electrons. The van der Waals surface area contributed by atoms with Crippen LogP contribution in [0.15, 0.2) is 24.3 Å². The Hall–Kier alpha value is -1.88. The standard InChI is InChI=1S/C17H23N3O2/c1-12-2-4-13(5-3-12)11-20-15(6-7-16(20)21)17(22)19-10-14-8-18-9-14/h2-5,14-15,18H,6-11H2,1H3,(H,19,22). The molecule has 0 aromatic heterocycles. The predicted octanol–water partition coefficient (Wildman–Crippen LogP) is 0.822. The molecule has 5 nitrogen and oxygen atoms in total. The van der Waals surface area contributed by atoms with Crippen LogP contribution in [0.25, 0.3) is 0 Å². The molecule has 2 aliphatic heterocycles. The summed E-state index contributed by atoms with van der Waals surface area (Å²) in [6.45, 7) is 5.20. The van der Waals surface area contributed by atoms with Crippen molar-refractivity contribution in [3.8, 4) is 0 Å². The molecule has 2 amide bonds. The van der Waals surface area contributed by atoms with Gasteiger partial charge >= 0.3 is 0 Å². The van der Waals surface area contributed by atoms with Crippen LogP contribution in [-0.2, 0) is 16.1 Å². The number of aryl methyl sites for hydroxylation is 1. The zero-order valence-electron chi connectivity index (χ0n) is 13.0. The third kappa shape index (κ3) is 3.30. The van der Waals surface area contributed by atoms with E-state index in [1.54, 1.807) is 4.90 Å². The van der Waals surface area contributed by atoms with Crippen molar-refractivity contribution in [1.82, 2.24) is 15.5 Å². The van der Waals surface area contributed by atoms with Gasteiger partial charge < -0.3 is 15.5 Å². The smallest absolute Gasteiger partial charge is 0.242 e. The van der Waals surface area contributed by atoms with Crippen molar-refractivity contribution in [2.45, 2.75) is 32.4 Å². The largest absolute Gasteiger partial charge is 0.354 e. The number of benzene rings is 1. The fourth-order valence-corrected chi connectivity index (χ4v) is 2.95. The first-order chi connectivity index (χ1) is 10.6. The first-order valence-electron chi connectivity index (χ1n) is 7.97. The van der Waals surface area contributed by atoms with E-state index in [0.717, 1.165) is 18.7 Å². The number of nitrogens with one attached hydrogen (secondary N) is 2. The van der Waals surface area contributed by atoms with Crippen molar-refractivity contribution < 1.29 is 9.59 Å². The zero-order chi connectivity index (χ0) is 15.5. The van der Waals surface area contributed by atoms with Crippen molar-refractivity contribution in [3.05, 3.63) is 35.4 Å². The minimum Gasteiger partial charge on any atom is -0.354 e. The molecule has 1 aromatic rings. The van der Waals surface area contributed by atoms with Gasteiger partial charge in [0.2, 0.25) is 11.8 Å². The Labute approximate surface area is 131 Å². The number of amides is 2. The molecule has 2 fully saturated rings. The molecule has 5 heteroatoms. The van der Waals surface area contributed by atoms with Crippen LogP contribution in [0, 0.1) is 12.8 Å². The van der Waals surface area contributed by atoms with E-state index in [2.05, 4.69) is 10.6 Å². The SMILES string of the molecule is Cc1ccc(CN2C(=O)CCC2C(=O)NCC2CNC2)cc1. The van der Waals surface area contributed by atoms with Crippen molar-refractivity contribution in [3.63, 3.8) is 0 Å². The van der Waals surface area contributed by atoms with Crippen molar-refractivity contribution >= 4 is 11.8 Å². The quantitative estimate of drug-likeness (QED) is 0.846. The molecule has 2 aliphatic rings. The van der Waals surface area contributed by atoms with Crippen LogP contribution >= 0.6 is 0 Å². The zero-order valence-corrected chi connectivity index (χ0v) is 13.0. The molecule has 2 heterocycles. The van der Waals surface area contributed by atoms with E-state index in [1.165, 1.54) is 5.56 Å². The van der Waals surface area contributed by atoms with E-state index in [0.29, 0.717) is 31.8 Å². The number of carbonyl (C=O) groups is 2. The highest BCUT2D eigenvalue weighted by Crippen LogP contribution is 2.22. The average molecular weight is 301 g/mol. The number of hydrogen-bond acceptors (Lipinski definition) is 3. The molecule has 1 aromatic carbocycles. The van der Waals surface area contributed by atoms with E-state index in [1.807, 2.05) is 31.2 Å². The molecule has 3 rings (SSSR count). The van der Waals surface area contributed by atoms with Crippen molar-refractivity contribution in [2.24, 2.45) is 5.92 Å². The summed E-state index contributed by atoms with van der Waals surface area (Å²) in [5, 5.41) is 6.19. The fraction of sp³-hybridized carbons (Fsp3) is 0.529. The van der Waals surface area contributed by atoms with Crippen LogP contribution in [-0.4, -0.2) is 42.4 Å². The molecule has 0 aliphatic carbocycles. The molecule has 22 heavy (non-hydrogen) atoms. The van der Waals surface area contributed by atoms with Crippen LogP contribution in [0.5, 0.6) is 0 Å². The monoisotopic (exact) mass is 301 g/mol. The second kappa shape index (κ2) is 6.48. The first-order valence-corrected chi connectivity index (χ1v) is 7.97. The maximum atomic E-state index is 12.4. The lowest BCUT2D eigenvalue weighted by atomic mass is 10.0. The second-order valence-corrected chi connectivity index (χ2v) is 6.33. The third-order valence-electron chi connectivity index (χ3n) is 4.54. The second-order valence-electron chi connectivity index (χ2n) is 6.33. The van der Waals surface area contributed by atoms with Gasteiger partial charge in [-0.2, -0.15) is 0 Å². The van der Waals surface area contributed by atoms with Crippen molar-refractivity contribution in [2.75, 3.05) is 19.6 Å². The van der Waals surface area contributed by atoms with Gasteiger partial charge in [-0.1, -0.05) is 29.8 Å². The molecular weight excluding hydrogens is 278 g/mol. The van der Waals surface area contributed by atoms with E-state index in [9.17, 15) is 9.59 Å². The summed E-state index contributed by atoms with van der Waals surface area (Å²) in [5.74, 6) is 0.600. The lowest BCUT2D eigenvalue weighted by molar-refractivity contribution is -0.135. The maximum Gasteiger partial charge on any atom is 0.242 e. The highest BCUT2D eigenvalue weighted by Gasteiger charge is 2.36. The minimum absolute atomic E-state index is 0.00939. The number of rotatable bonds is 5. The van der Waals surface area contributed by atoms with Gasteiger partial charge in [-0.3, -0.25) is 9.59 Å². The lowest BCUT2D eigenvalue weighted by Crippen LogP contribution is -2.51. The van der Waals surface area contributed by atoms with Crippen LogP contribution in [0.1, 0.15) is 24.0 Å². The van der Waals surface area contributed by atoms with Crippen LogP contribution in [0.4, 0.5) is 0 Å². The summed E-state index contributed by atoms with van der Waals surface area (Å²) in [4.78, 5) is 26.2. The lowest BCUT2D eigenvalue weighted by Gasteiger charge is -2.29. The molecule has 1 atom stereocenters. The van der Waals surface area contributed by atoms with Gasteiger partial charge in [0.05, 0.1) is 0 Å². The molecule has 0 spiro atoms.